The van der Waals surface area contributed by atoms with E-state index in [-0.39, 0.29) is 28.5 Å². The van der Waals surface area contributed by atoms with Crippen LogP contribution in [0.15, 0.2) is 35.2 Å². The predicted octanol–water partition coefficient (Wildman–Crippen LogP) is 2.58. The fourth-order valence-electron chi connectivity index (χ4n) is 4.93. The van der Waals surface area contributed by atoms with Crippen LogP contribution in [0.4, 0.5) is 11.5 Å². The van der Waals surface area contributed by atoms with Gasteiger partial charge in [0.05, 0.1) is 16.7 Å². The van der Waals surface area contributed by atoms with Crippen LogP contribution in [0.25, 0.3) is 0 Å². The molecule has 10 heteroatoms. The van der Waals surface area contributed by atoms with E-state index in [9.17, 15) is 23.1 Å². The third-order valence-corrected chi connectivity index (χ3v) is 7.51. The average Bonchev–Trinajstić information content (AvgIpc) is 3.28. The third kappa shape index (κ3) is 4.25. The van der Waals surface area contributed by atoms with E-state index < -0.39 is 27.8 Å². The standard InChI is InChI=1S/C21H24N4O5S/c1-11-9-17(23-12(2)22-11)25-31(29,30)16-7-5-15(6-8-16)24-20(26)18-13-3-4-14(10-13)19(18)21(27)28/h5-9,13-14,18-19H,3-4,10H2,1-2H3,(H,24,26)(H,27,28)(H,22,23,25)/t13-,14+,18-,19+/m1/s1. The number of carboxylic acids is 1. The summed E-state index contributed by atoms with van der Waals surface area (Å²) in [5, 5.41) is 12.3. The number of carboxylic acid groups (broad SMARTS) is 1. The summed E-state index contributed by atoms with van der Waals surface area (Å²) in [6.45, 7) is 3.42. The highest BCUT2D eigenvalue weighted by atomic mass is 32.2. The van der Waals surface area contributed by atoms with Crippen molar-refractivity contribution in [3.8, 4) is 0 Å². The second kappa shape index (κ2) is 7.92. The number of rotatable bonds is 6. The van der Waals surface area contributed by atoms with Crippen molar-refractivity contribution in [2.45, 2.75) is 38.0 Å². The molecule has 2 aliphatic rings. The fraction of sp³-hybridized carbons (Fsp3) is 0.429. The van der Waals surface area contributed by atoms with Gasteiger partial charge >= 0.3 is 5.97 Å². The number of aliphatic carboxylic acids is 1. The summed E-state index contributed by atoms with van der Waals surface area (Å²) in [6, 6.07) is 7.29. The summed E-state index contributed by atoms with van der Waals surface area (Å²) in [4.78, 5) is 32.6. The minimum Gasteiger partial charge on any atom is -0.481 e. The highest BCUT2D eigenvalue weighted by molar-refractivity contribution is 7.92. The van der Waals surface area contributed by atoms with E-state index in [4.69, 9.17) is 0 Å². The van der Waals surface area contributed by atoms with Crippen LogP contribution in [-0.2, 0) is 19.6 Å². The first-order valence-corrected chi connectivity index (χ1v) is 11.6. The number of sulfonamides is 1. The van der Waals surface area contributed by atoms with Crippen molar-refractivity contribution >= 4 is 33.4 Å². The number of anilines is 2. The minimum absolute atomic E-state index is 0.0164. The molecule has 164 valence electrons. The van der Waals surface area contributed by atoms with Crippen molar-refractivity contribution in [1.29, 1.82) is 0 Å². The van der Waals surface area contributed by atoms with Gasteiger partial charge in [-0.2, -0.15) is 0 Å². The first kappa shape index (κ1) is 21.2. The van der Waals surface area contributed by atoms with Gasteiger partial charge in [0.15, 0.2) is 0 Å². The molecule has 2 aliphatic carbocycles. The number of hydrogen-bond acceptors (Lipinski definition) is 6. The second-order valence-corrected chi connectivity index (χ2v) is 9.97. The number of benzene rings is 1. The summed E-state index contributed by atoms with van der Waals surface area (Å²) in [5.41, 5.74) is 1.06. The molecular formula is C21H24N4O5S. The SMILES string of the molecule is Cc1cc(NS(=O)(=O)c2ccc(NC(=O)[C@@H]3[C@@H]4CC[C@@H](C4)[C@@H]3C(=O)O)cc2)nc(C)n1. The van der Waals surface area contributed by atoms with Gasteiger partial charge in [-0.25, -0.2) is 18.4 Å². The molecule has 2 aromatic rings. The van der Waals surface area contributed by atoms with Gasteiger partial charge in [0.2, 0.25) is 5.91 Å². The maximum absolute atomic E-state index is 12.8. The summed E-state index contributed by atoms with van der Waals surface area (Å²) in [6.07, 6.45) is 2.51. The zero-order chi connectivity index (χ0) is 22.3. The Hall–Kier alpha value is -3.01. The summed E-state index contributed by atoms with van der Waals surface area (Å²) in [7, 11) is -3.87. The Labute approximate surface area is 180 Å². The summed E-state index contributed by atoms with van der Waals surface area (Å²) < 4.78 is 27.7. The molecule has 1 aromatic carbocycles. The molecule has 0 aliphatic heterocycles. The number of aromatic nitrogens is 2. The van der Waals surface area contributed by atoms with E-state index in [2.05, 4.69) is 20.0 Å². The number of carbonyl (C=O) groups excluding carboxylic acids is 1. The fourth-order valence-corrected chi connectivity index (χ4v) is 5.92. The molecule has 9 nitrogen and oxygen atoms in total. The molecule has 31 heavy (non-hydrogen) atoms. The molecule has 3 N–H and O–H groups in total. The second-order valence-electron chi connectivity index (χ2n) is 8.28. The van der Waals surface area contributed by atoms with E-state index >= 15 is 0 Å². The Bertz CT molecular complexity index is 1110. The molecule has 0 radical (unpaired) electrons. The Balaban J connectivity index is 1.46. The van der Waals surface area contributed by atoms with Crippen LogP contribution < -0.4 is 10.0 Å². The number of amides is 1. The molecule has 1 amide bonds. The van der Waals surface area contributed by atoms with Gasteiger partial charge in [0.25, 0.3) is 10.0 Å². The minimum atomic E-state index is -3.87. The van der Waals surface area contributed by atoms with Crippen LogP contribution in [0.2, 0.25) is 0 Å². The van der Waals surface area contributed by atoms with Crippen molar-refractivity contribution in [2.75, 3.05) is 10.0 Å². The topological polar surface area (TPSA) is 138 Å². The van der Waals surface area contributed by atoms with Crippen LogP contribution in [0, 0.1) is 37.5 Å². The molecule has 2 bridgehead atoms. The van der Waals surface area contributed by atoms with Crippen LogP contribution in [0.5, 0.6) is 0 Å². The Kier molecular flexibility index (Phi) is 5.42. The Morgan fingerprint density at radius 3 is 2.29 bits per heavy atom. The monoisotopic (exact) mass is 444 g/mol. The van der Waals surface area contributed by atoms with Crippen molar-refractivity contribution in [1.82, 2.24) is 9.97 Å². The van der Waals surface area contributed by atoms with E-state index in [1.165, 1.54) is 30.3 Å². The largest absolute Gasteiger partial charge is 0.481 e. The van der Waals surface area contributed by atoms with Gasteiger partial charge in [0.1, 0.15) is 11.6 Å². The maximum atomic E-state index is 12.8. The summed E-state index contributed by atoms with van der Waals surface area (Å²) in [5.74, 6) is -1.65. The molecule has 2 saturated carbocycles. The van der Waals surface area contributed by atoms with Crippen LogP contribution in [-0.4, -0.2) is 35.4 Å². The predicted molar refractivity (Wildman–Crippen MR) is 113 cm³/mol. The van der Waals surface area contributed by atoms with Gasteiger partial charge in [-0.3, -0.25) is 14.3 Å². The van der Waals surface area contributed by atoms with Crippen molar-refractivity contribution in [2.24, 2.45) is 23.7 Å². The van der Waals surface area contributed by atoms with Gasteiger partial charge in [-0.15, -0.1) is 0 Å². The number of nitrogens with one attached hydrogen (secondary N) is 2. The lowest BCUT2D eigenvalue weighted by Gasteiger charge is -2.27. The van der Waals surface area contributed by atoms with Crippen LogP contribution in [0.1, 0.15) is 30.8 Å². The smallest absolute Gasteiger partial charge is 0.307 e. The lowest BCUT2D eigenvalue weighted by Crippen LogP contribution is -2.37. The zero-order valence-corrected chi connectivity index (χ0v) is 18.0. The summed E-state index contributed by atoms with van der Waals surface area (Å²) >= 11 is 0. The van der Waals surface area contributed by atoms with Crippen LogP contribution >= 0.6 is 0 Å². The van der Waals surface area contributed by atoms with Gasteiger partial charge in [0, 0.05) is 17.4 Å². The quantitative estimate of drug-likeness (QED) is 0.622. The van der Waals surface area contributed by atoms with Crippen molar-refractivity contribution in [3.05, 3.63) is 41.9 Å². The molecule has 0 unspecified atom stereocenters. The molecule has 4 atom stereocenters. The number of carbonyl (C=O) groups is 2. The van der Waals surface area contributed by atoms with Gasteiger partial charge < -0.3 is 10.4 Å². The Morgan fingerprint density at radius 1 is 1.03 bits per heavy atom. The molecule has 0 saturated heterocycles. The molecule has 1 heterocycles. The molecule has 0 spiro atoms. The normalized spacial score (nSPS) is 24.7. The first-order chi connectivity index (χ1) is 14.6. The number of fused-ring (bicyclic) bond motifs is 2. The highest BCUT2D eigenvalue weighted by Crippen LogP contribution is 2.52. The number of hydrogen-bond donors (Lipinski definition) is 3. The maximum Gasteiger partial charge on any atom is 0.307 e. The van der Waals surface area contributed by atoms with Crippen LogP contribution in [0.3, 0.4) is 0 Å². The third-order valence-electron chi connectivity index (χ3n) is 6.14. The molecule has 2 fully saturated rings. The average molecular weight is 445 g/mol. The lowest BCUT2D eigenvalue weighted by molar-refractivity contribution is -0.148. The molecule has 1 aromatic heterocycles. The zero-order valence-electron chi connectivity index (χ0n) is 17.2. The van der Waals surface area contributed by atoms with Gasteiger partial charge in [-0.05, 0) is 69.2 Å². The van der Waals surface area contributed by atoms with E-state index in [0.29, 0.717) is 17.2 Å². The van der Waals surface area contributed by atoms with E-state index in [1.807, 2.05) is 0 Å². The first-order valence-electron chi connectivity index (χ1n) is 10.1. The van der Waals surface area contributed by atoms with E-state index in [0.717, 1.165) is 19.3 Å². The molecular weight excluding hydrogens is 420 g/mol. The lowest BCUT2D eigenvalue weighted by atomic mass is 9.78. The Morgan fingerprint density at radius 2 is 1.68 bits per heavy atom. The number of nitrogens with zero attached hydrogens (tertiary/aromatic N) is 2. The van der Waals surface area contributed by atoms with Crippen molar-refractivity contribution < 1.29 is 23.1 Å². The highest BCUT2D eigenvalue weighted by Gasteiger charge is 2.53. The molecule has 4 rings (SSSR count). The van der Waals surface area contributed by atoms with E-state index in [1.54, 1.807) is 13.8 Å². The van der Waals surface area contributed by atoms with Gasteiger partial charge in [-0.1, -0.05) is 0 Å². The van der Waals surface area contributed by atoms with Crippen molar-refractivity contribution in [3.63, 3.8) is 0 Å². The number of aryl methyl sites for hydroxylation is 2.